The molecule has 0 fully saturated rings. The van der Waals surface area contributed by atoms with Gasteiger partial charge in [0.2, 0.25) is 0 Å². The van der Waals surface area contributed by atoms with Crippen molar-refractivity contribution in [2.24, 2.45) is 5.73 Å². The molecule has 1 atom stereocenters. The molecule has 0 heterocycles. The van der Waals surface area contributed by atoms with Crippen LogP contribution in [0.4, 0.5) is 4.39 Å². The molecule has 1 aromatic rings. The first-order valence-electron chi connectivity index (χ1n) is 5.84. The van der Waals surface area contributed by atoms with E-state index in [2.05, 4.69) is 6.58 Å². The van der Waals surface area contributed by atoms with E-state index in [0.717, 1.165) is 17.6 Å². The highest BCUT2D eigenvalue weighted by Crippen LogP contribution is 2.19. The monoisotopic (exact) mass is 237 g/mol. The minimum Gasteiger partial charge on any atom is -0.486 e. The highest BCUT2D eigenvalue weighted by molar-refractivity contribution is 5.30. The smallest absolute Gasteiger partial charge is 0.165 e. The van der Waals surface area contributed by atoms with Gasteiger partial charge in [0, 0.05) is 6.04 Å². The first-order chi connectivity index (χ1) is 8.02. The molecule has 94 valence electrons. The Morgan fingerprint density at radius 1 is 1.53 bits per heavy atom. The molecule has 1 aromatic carbocycles. The Bertz CT molecular complexity index is 390. The number of benzene rings is 1. The summed E-state index contributed by atoms with van der Waals surface area (Å²) in [6.45, 7) is 7.90. The number of rotatable bonds is 6. The van der Waals surface area contributed by atoms with Gasteiger partial charge in [-0.2, -0.15) is 0 Å². The summed E-state index contributed by atoms with van der Waals surface area (Å²) >= 11 is 0. The number of halogens is 1. The summed E-state index contributed by atoms with van der Waals surface area (Å²) in [7, 11) is 0. The van der Waals surface area contributed by atoms with E-state index in [0.29, 0.717) is 13.0 Å². The zero-order chi connectivity index (χ0) is 12.8. The van der Waals surface area contributed by atoms with Gasteiger partial charge in [-0.3, -0.25) is 0 Å². The van der Waals surface area contributed by atoms with Gasteiger partial charge in [-0.15, -0.1) is 0 Å². The maximum absolute atomic E-state index is 13.7. The molecule has 3 heteroatoms. The first kappa shape index (κ1) is 13.7. The minimum absolute atomic E-state index is 0.0802. The van der Waals surface area contributed by atoms with Gasteiger partial charge >= 0.3 is 0 Å². The molecule has 2 N–H and O–H groups in total. The molecule has 17 heavy (non-hydrogen) atoms. The maximum Gasteiger partial charge on any atom is 0.165 e. The first-order valence-corrected chi connectivity index (χ1v) is 5.84. The van der Waals surface area contributed by atoms with E-state index in [1.807, 2.05) is 19.9 Å². The number of ether oxygens (including phenoxy) is 1. The van der Waals surface area contributed by atoms with E-state index in [1.54, 1.807) is 6.07 Å². The van der Waals surface area contributed by atoms with Crippen LogP contribution < -0.4 is 10.5 Å². The van der Waals surface area contributed by atoms with E-state index >= 15 is 0 Å². The van der Waals surface area contributed by atoms with Crippen molar-refractivity contribution >= 4 is 0 Å². The molecular weight excluding hydrogens is 217 g/mol. The molecule has 0 aliphatic carbocycles. The second-order valence-electron chi connectivity index (χ2n) is 4.38. The fraction of sp³-hybridized carbons (Fsp3) is 0.429. The van der Waals surface area contributed by atoms with Crippen LogP contribution in [0.5, 0.6) is 5.75 Å². The van der Waals surface area contributed by atoms with Crippen molar-refractivity contribution in [1.82, 2.24) is 0 Å². The highest BCUT2D eigenvalue weighted by atomic mass is 19.1. The highest BCUT2D eigenvalue weighted by Gasteiger charge is 2.07. The fourth-order valence-corrected chi connectivity index (χ4v) is 1.44. The number of hydrogen-bond acceptors (Lipinski definition) is 2. The van der Waals surface area contributed by atoms with Gasteiger partial charge < -0.3 is 10.5 Å². The lowest BCUT2D eigenvalue weighted by molar-refractivity contribution is 0.332. The molecule has 0 amide bonds. The molecule has 0 saturated heterocycles. The second-order valence-corrected chi connectivity index (χ2v) is 4.38. The predicted octanol–water partition coefficient (Wildman–Crippen LogP) is 3.06. The van der Waals surface area contributed by atoms with E-state index in [9.17, 15) is 4.39 Å². The van der Waals surface area contributed by atoms with Gasteiger partial charge in [-0.25, -0.2) is 4.39 Å². The topological polar surface area (TPSA) is 35.2 Å². The molecule has 1 unspecified atom stereocenters. The Kier molecular flexibility index (Phi) is 5.16. The Hall–Kier alpha value is -1.35. The molecule has 0 radical (unpaired) electrons. The summed E-state index contributed by atoms with van der Waals surface area (Å²) in [5.41, 5.74) is 7.59. The Balaban J connectivity index is 2.68. The third-order valence-corrected chi connectivity index (χ3v) is 2.49. The van der Waals surface area contributed by atoms with Crippen LogP contribution in [0.1, 0.15) is 25.8 Å². The van der Waals surface area contributed by atoms with Crippen molar-refractivity contribution < 1.29 is 9.13 Å². The largest absolute Gasteiger partial charge is 0.486 e. The number of nitrogens with two attached hydrogens (primary N) is 1. The van der Waals surface area contributed by atoms with Crippen molar-refractivity contribution in [2.75, 3.05) is 6.61 Å². The van der Waals surface area contributed by atoms with Crippen LogP contribution in [-0.4, -0.2) is 12.6 Å². The van der Waals surface area contributed by atoms with Crippen LogP contribution in [-0.2, 0) is 6.42 Å². The lowest BCUT2D eigenvalue weighted by Gasteiger charge is -2.11. The quantitative estimate of drug-likeness (QED) is 0.772. The maximum atomic E-state index is 13.7. The average molecular weight is 237 g/mol. The summed E-state index contributed by atoms with van der Waals surface area (Å²) in [4.78, 5) is 0. The standard InChI is InChI=1S/C14H20FNO/c1-4-12(16)7-11-5-6-14(13(15)8-11)17-9-10(2)3/h5-6,8,12H,2,4,7,9,16H2,1,3H3. The summed E-state index contributed by atoms with van der Waals surface area (Å²) in [5.74, 6) is -0.0751. The van der Waals surface area contributed by atoms with Crippen molar-refractivity contribution in [1.29, 1.82) is 0 Å². The van der Waals surface area contributed by atoms with Gasteiger partial charge in [0.25, 0.3) is 0 Å². The number of hydrogen-bond donors (Lipinski definition) is 1. The zero-order valence-corrected chi connectivity index (χ0v) is 10.5. The van der Waals surface area contributed by atoms with Crippen LogP contribution in [0.25, 0.3) is 0 Å². The Morgan fingerprint density at radius 2 is 2.24 bits per heavy atom. The second kappa shape index (κ2) is 6.40. The summed E-state index contributed by atoms with van der Waals surface area (Å²) in [6, 6.07) is 5.07. The van der Waals surface area contributed by atoms with E-state index in [4.69, 9.17) is 10.5 Å². The molecular formula is C14H20FNO. The third-order valence-electron chi connectivity index (χ3n) is 2.49. The molecule has 2 nitrogen and oxygen atoms in total. The van der Waals surface area contributed by atoms with E-state index < -0.39 is 0 Å². The van der Waals surface area contributed by atoms with Gasteiger partial charge in [-0.1, -0.05) is 19.6 Å². The Labute approximate surface area is 102 Å². The van der Waals surface area contributed by atoms with Crippen molar-refractivity contribution in [2.45, 2.75) is 32.7 Å². The lowest BCUT2D eigenvalue weighted by atomic mass is 10.0. The molecule has 0 aliphatic heterocycles. The van der Waals surface area contributed by atoms with Gasteiger partial charge in [-0.05, 0) is 43.0 Å². The summed E-state index contributed by atoms with van der Waals surface area (Å²) in [5, 5.41) is 0. The van der Waals surface area contributed by atoms with Crippen molar-refractivity contribution in [3.05, 3.63) is 41.7 Å². The SMILES string of the molecule is C=C(C)COc1ccc(CC(N)CC)cc1F. The summed E-state index contributed by atoms with van der Waals surface area (Å²) < 4.78 is 18.9. The molecule has 0 aromatic heterocycles. The van der Waals surface area contributed by atoms with Crippen molar-refractivity contribution in [3.63, 3.8) is 0 Å². The van der Waals surface area contributed by atoms with Gasteiger partial charge in [0.15, 0.2) is 11.6 Å². The zero-order valence-electron chi connectivity index (χ0n) is 10.5. The third kappa shape index (κ3) is 4.57. The van der Waals surface area contributed by atoms with Crippen LogP contribution in [0.3, 0.4) is 0 Å². The van der Waals surface area contributed by atoms with Crippen LogP contribution in [0, 0.1) is 5.82 Å². The molecule has 0 bridgehead atoms. The van der Waals surface area contributed by atoms with Crippen LogP contribution in [0.2, 0.25) is 0 Å². The Morgan fingerprint density at radius 3 is 2.76 bits per heavy atom. The van der Waals surface area contributed by atoms with Crippen LogP contribution >= 0.6 is 0 Å². The fourth-order valence-electron chi connectivity index (χ4n) is 1.44. The molecule has 0 saturated carbocycles. The van der Waals surface area contributed by atoms with Crippen molar-refractivity contribution in [3.8, 4) is 5.75 Å². The predicted molar refractivity (Wildman–Crippen MR) is 68.7 cm³/mol. The molecule has 0 aliphatic rings. The molecule has 1 rings (SSSR count). The van der Waals surface area contributed by atoms with E-state index in [-0.39, 0.29) is 17.6 Å². The normalized spacial score (nSPS) is 12.2. The van der Waals surface area contributed by atoms with Gasteiger partial charge in [0.05, 0.1) is 0 Å². The summed E-state index contributed by atoms with van der Waals surface area (Å²) in [6.07, 6.45) is 1.57. The van der Waals surface area contributed by atoms with Crippen LogP contribution in [0.15, 0.2) is 30.4 Å². The van der Waals surface area contributed by atoms with Gasteiger partial charge in [0.1, 0.15) is 6.61 Å². The average Bonchev–Trinajstić information content (AvgIpc) is 2.27. The molecule has 0 spiro atoms. The lowest BCUT2D eigenvalue weighted by Crippen LogP contribution is -2.21. The minimum atomic E-state index is -0.341. The van der Waals surface area contributed by atoms with E-state index in [1.165, 1.54) is 6.07 Å².